The Bertz CT molecular complexity index is 111. The van der Waals surface area contributed by atoms with E-state index in [0.29, 0.717) is 4.90 Å². The van der Waals surface area contributed by atoms with Crippen LogP contribution in [0.25, 0.3) is 0 Å². The van der Waals surface area contributed by atoms with Crippen LogP contribution in [0.1, 0.15) is 0 Å². The average Bonchev–Trinajstić information content (AvgIpc) is 2.16. The molecule has 13 heavy (non-hydrogen) atoms. The molecular weight excluding hydrogens is 182 g/mol. The Labute approximate surface area is 75.1 Å². The first kappa shape index (κ1) is 12.7. The summed E-state index contributed by atoms with van der Waals surface area (Å²) >= 11 is 0. The normalized spacial score (nSPS) is 18.7. The van der Waals surface area contributed by atoms with Crippen molar-refractivity contribution in [3.63, 3.8) is 0 Å². The van der Waals surface area contributed by atoms with Crippen LogP contribution in [0.4, 0.5) is 0 Å². The maximum absolute atomic E-state index is 9.05. The Morgan fingerprint density at radius 2 is 0.923 bits per heavy atom. The van der Waals surface area contributed by atoms with E-state index < -0.39 is 38.5 Å². The van der Waals surface area contributed by atoms with Crippen molar-refractivity contribution in [2.45, 2.75) is 18.7 Å². The van der Waals surface area contributed by atoms with E-state index in [1.165, 1.54) is 0 Å². The van der Waals surface area contributed by atoms with Crippen LogP contribution < -0.4 is 0 Å². The second kappa shape index (κ2) is 6.22. The summed E-state index contributed by atoms with van der Waals surface area (Å²) in [4.78, 5) is 0.583. The van der Waals surface area contributed by atoms with Gasteiger partial charge in [-0.25, -0.2) is 4.90 Å². The van der Waals surface area contributed by atoms with Gasteiger partial charge in [0.1, 0.15) is 18.7 Å². The molecule has 7 nitrogen and oxygen atoms in total. The minimum absolute atomic E-state index is 0.583. The van der Waals surface area contributed by atoms with Crippen molar-refractivity contribution in [3.8, 4) is 0 Å². The molecule has 80 valence electrons. The van der Waals surface area contributed by atoms with Gasteiger partial charge >= 0.3 is 0 Å². The van der Waals surface area contributed by atoms with Crippen molar-refractivity contribution >= 4 is 0 Å². The van der Waals surface area contributed by atoms with Crippen LogP contribution in [0.2, 0.25) is 0 Å². The minimum Gasteiger partial charge on any atom is -0.392 e. The van der Waals surface area contributed by atoms with E-state index in [1.54, 1.807) is 0 Å². The molecule has 0 amide bonds. The molecule has 0 saturated heterocycles. The molecule has 0 aromatic carbocycles. The summed E-state index contributed by atoms with van der Waals surface area (Å²) < 4.78 is 0. The van der Waals surface area contributed by atoms with Gasteiger partial charge in [0, 0.05) is 0 Å². The molecule has 0 heterocycles. The molecule has 3 atom stereocenters. The zero-order valence-corrected chi connectivity index (χ0v) is 6.98. The third kappa shape index (κ3) is 3.53. The highest BCUT2D eigenvalue weighted by Gasteiger charge is 2.28. The summed E-state index contributed by atoms with van der Waals surface area (Å²) in [6.07, 6.45) is -4.61. The van der Waals surface area contributed by atoms with Crippen LogP contribution in [-0.2, 0) is 0 Å². The lowest BCUT2D eigenvalue weighted by atomic mass is 10.3. The Balaban J connectivity index is 4.34. The summed E-state index contributed by atoms with van der Waals surface area (Å²) in [5.74, 6) is 0. The van der Waals surface area contributed by atoms with Crippen LogP contribution in [0.5, 0.6) is 0 Å². The predicted molar refractivity (Wildman–Crippen MR) is 41.1 cm³/mol. The van der Waals surface area contributed by atoms with E-state index in [4.69, 9.17) is 30.6 Å². The van der Waals surface area contributed by atoms with Crippen molar-refractivity contribution in [2.75, 3.05) is 19.8 Å². The Morgan fingerprint density at radius 1 is 0.692 bits per heavy atom. The second-order valence-electron chi connectivity index (χ2n) is 2.44. The van der Waals surface area contributed by atoms with Crippen LogP contribution in [0, 0.1) is 0 Å². The average molecular weight is 197 g/mol. The molecule has 0 aromatic heterocycles. The summed E-state index contributed by atoms with van der Waals surface area (Å²) in [7, 11) is 0. The fourth-order valence-electron chi connectivity index (χ4n) is 0.879. The van der Waals surface area contributed by atoms with Crippen LogP contribution in [0.3, 0.4) is 0 Å². The molecule has 6 N–H and O–H groups in total. The number of nitrogens with zero attached hydrogens (tertiary/aromatic N) is 1. The Kier molecular flexibility index (Phi) is 6.08. The number of aliphatic hydroxyl groups excluding tert-OH is 6. The van der Waals surface area contributed by atoms with Crippen LogP contribution in [-0.4, -0.2) is 74.0 Å². The highest BCUT2D eigenvalue weighted by atomic mass is 16.4. The van der Waals surface area contributed by atoms with Gasteiger partial charge in [0.05, 0.1) is 19.8 Å². The van der Waals surface area contributed by atoms with Gasteiger partial charge in [-0.3, -0.25) is 0 Å². The molecule has 0 bridgehead atoms. The molecule has 0 rings (SSSR count). The van der Waals surface area contributed by atoms with Crippen molar-refractivity contribution in [1.82, 2.24) is 4.90 Å². The molecule has 0 aromatic rings. The molecule has 0 aliphatic carbocycles. The highest BCUT2D eigenvalue weighted by Crippen LogP contribution is 2.05. The van der Waals surface area contributed by atoms with E-state index in [2.05, 4.69) is 0 Å². The zero-order valence-electron chi connectivity index (χ0n) is 6.98. The molecule has 0 fully saturated rings. The molecular formula is C6H15NO6. The number of hydrogen-bond donors (Lipinski definition) is 6. The second-order valence-corrected chi connectivity index (χ2v) is 2.44. The topological polar surface area (TPSA) is 125 Å². The van der Waals surface area contributed by atoms with Crippen molar-refractivity contribution < 1.29 is 30.6 Å². The van der Waals surface area contributed by atoms with Crippen LogP contribution in [0.15, 0.2) is 0 Å². The minimum atomic E-state index is -1.54. The smallest absolute Gasteiger partial charge is 0.134 e. The summed E-state index contributed by atoms with van der Waals surface area (Å²) in [6.45, 7) is -2.18. The first-order chi connectivity index (χ1) is 6.08. The first-order valence-electron chi connectivity index (χ1n) is 3.72. The fourth-order valence-corrected chi connectivity index (χ4v) is 0.879. The molecule has 0 aliphatic heterocycles. The maximum atomic E-state index is 9.05. The lowest BCUT2D eigenvalue weighted by molar-refractivity contribution is -0.206. The lowest BCUT2D eigenvalue weighted by Gasteiger charge is -2.33. The zero-order chi connectivity index (χ0) is 10.4. The summed E-state index contributed by atoms with van der Waals surface area (Å²) in [5, 5.41) is 52.7. The van der Waals surface area contributed by atoms with Gasteiger partial charge in [0.25, 0.3) is 0 Å². The first-order valence-corrected chi connectivity index (χ1v) is 3.72. The van der Waals surface area contributed by atoms with Gasteiger partial charge < -0.3 is 30.6 Å². The predicted octanol–water partition coefficient (Wildman–Crippen LogP) is -3.78. The molecule has 3 unspecified atom stereocenters. The third-order valence-electron chi connectivity index (χ3n) is 1.52. The molecule has 7 heteroatoms. The van der Waals surface area contributed by atoms with Gasteiger partial charge in [-0.05, 0) is 0 Å². The van der Waals surface area contributed by atoms with Crippen molar-refractivity contribution in [2.24, 2.45) is 0 Å². The third-order valence-corrected chi connectivity index (χ3v) is 1.52. The largest absolute Gasteiger partial charge is 0.392 e. The maximum Gasteiger partial charge on any atom is 0.134 e. The fraction of sp³-hybridized carbons (Fsp3) is 1.00. The standard InChI is InChI=1S/C6H15NO6/c8-1-4(11)7(5(12)2-9)6(13)3-10/h4-6,8-13H,1-3H2. The van der Waals surface area contributed by atoms with E-state index in [9.17, 15) is 0 Å². The Hall–Kier alpha value is -0.280. The van der Waals surface area contributed by atoms with E-state index in [-0.39, 0.29) is 0 Å². The van der Waals surface area contributed by atoms with Gasteiger partial charge in [0.15, 0.2) is 0 Å². The molecule has 0 aliphatic rings. The molecule has 0 saturated carbocycles. The number of aliphatic hydroxyl groups is 6. The van der Waals surface area contributed by atoms with Crippen LogP contribution >= 0.6 is 0 Å². The quantitative estimate of drug-likeness (QED) is 0.241. The number of hydrogen-bond acceptors (Lipinski definition) is 7. The van der Waals surface area contributed by atoms with E-state index in [1.807, 2.05) is 0 Å². The summed E-state index contributed by atoms with van der Waals surface area (Å²) in [6, 6.07) is 0. The Morgan fingerprint density at radius 3 is 1.08 bits per heavy atom. The lowest BCUT2D eigenvalue weighted by Crippen LogP contribution is -2.53. The van der Waals surface area contributed by atoms with Gasteiger partial charge in [-0.2, -0.15) is 0 Å². The van der Waals surface area contributed by atoms with Gasteiger partial charge in [-0.15, -0.1) is 0 Å². The van der Waals surface area contributed by atoms with Gasteiger partial charge in [-0.1, -0.05) is 0 Å². The molecule has 0 spiro atoms. The number of rotatable bonds is 6. The van der Waals surface area contributed by atoms with Gasteiger partial charge in [0.2, 0.25) is 0 Å². The van der Waals surface area contributed by atoms with E-state index >= 15 is 0 Å². The van der Waals surface area contributed by atoms with E-state index in [0.717, 1.165) is 0 Å². The SMILES string of the molecule is OCC(O)N(C(O)CO)C(O)CO. The van der Waals surface area contributed by atoms with Crippen molar-refractivity contribution in [1.29, 1.82) is 0 Å². The highest BCUT2D eigenvalue weighted by molar-refractivity contribution is 4.67. The summed E-state index contributed by atoms with van der Waals surface area (Å²) in [5.41, 5.74) is 0. The monoisotopic (exact) mass is 197 g/mol. The molecule has 0 radical (unpaired) electrons. The van der Waals surface area contributed by atoms with Crippen molar-refractivity contribution in [3.05, 3.63) is 0 Å².